The van der Waals surface area contributed by atoms with Crippen LogP contribution in [0.2, 0.25) is 0 Å². The molecule has 5 nitrogen and oxygen atoms in total. The van der Waals surface area contributed by atoms with E-state index in [2.05, 4.69) is 15.2 Å². The zero-order chi connectivity index (χ0) is 9.26. The molecule has 0 amide bonds. The lowest BCUT2D eigenvalue weighted by molar-refractivity contribution is 0.302. The highest BCUT2D eigenvalue weighted by Gasteiger charge is 2.06. The standard InChI is InChI=1S/C7H7FN4O/c1-2-13-7-10-5(8)3-6-11-9-4-12(6)7/h3-4H,2H2,1H3. The molecule has 0 fully saturated rings. The van der Waals surface area contributed by atoms with Crippen LogP contribution >= 0.6 is 0 Å². The Kier molecular flexibility index (Phi) is 1.80. The van der Waals surface area contributed by atoms with Crippen LogP contribution in [0.25, 0.3) is 5.65 Å². The van der Waals surface area contributed by atoms with Crippen molar-refractivity contribution in [3.63, 3.8) is 0 Å². The topological polar surface area (TPSA) is 52.3 Å². The molecule has 2 aromatic heterocycles. The summed E-state index contributed by atoms with van der Waals surface area (Å²) in [5, 5.41) is 7.29. The Morgan fingerprint density at radius 2 is 2.46 bits per heavy atom. The number of hydrogen-bond donors (Lipinski definition) is 0. The van der Waals surface area contributed by atoms with Crippen LogP contribution in [0.3, 0.4) is 0 Å². The third kappa shape index (κ3) is 1.30. The molecule has 2 rings (SSSR count). The van der Waals surface area contributed by atoms with E-state index in [1.54, 1.807) is 6.92 Å². The van der Waals surface area contributed by atoms with E-state index in [0.717, 1.165) is 0 Å². The third-order valence-electron chi connectivity index (χ3n) is 1.50. The van der Waals surface area contributed by atoms with Crippen molar-refractivity contribution in [1.82, 2.24) is 19.6 Å². The number of fused-ring (bicyclic) bond motifs is 1. The first-order valence-corrected chi connectivity index (χ1v) is 3.80. The molecule has 0 aliphatic heterocycles. The van der Waals surface area contributed by atoms with Gasteiger partial charge in [0.05, 0.1) is 6.61 Å². The van der Waals surface area contributed by atoms with Crippen molar-refractivity contribution in [1.29, 1.82) is 0 Å². The van der Waals surface area contributed by atoms with Crippen LogP contribution in [0, 0.1) is 5.95 Å². The van der Waals surface area contributed by atoms with Gasteiger partial charge in [0, 0.05) is 6.07 Å². The molecule has 2 aromatic rings. The number of halogens is 1. The predicted octanol–water partition coefficient (Wildman–Crippen LogP) is 0.662. The van der Waals surface area contributed by atoms with E-state index in [1.807, 2.05) is 0 Å². The van der Waals surface area contributed by atoms with Gasteiger partial charge >= 0.3 is 6.01 Å². The summed E-state index contributed by atoms with van der Waals surface area (Å²) in [6.45, 7) is 2.21. The summed E-state index contributed by atoms with van der Waals surface area (Å²) in [6, 6.07) is 1.36. The maximum atomic E-state index is 12.8. The first-order chi connectivity index (χ1) is 6.31. The Labute approximate surface area is 73.2 Å². The molecule has 0 bridgehead atoms. The quantitative estimate of drug-likeness (QED) is 0.640. The van der Waals surface area contributed by atoms with Gasteiger partial charge in [-0.1, -0.05) is 0 Å². The molecule has 0 aliphatic carbocycles. The van der Waals surface area contributed by atoms with E-state index in [1.165, 1.54) is 16.8 Å². The highest BCUT2D eigenvalue weighted by molar-refractivity contribution is 5.37. The highest BCUT2D eigenvalue weighted by atomic mass is 19.1. The molecule has 0 saturated carbocycles. The van der Waals surface area contributed by atoms with Crippen molar-refractivity contribution in [2.24, 2.45) is 0 Å². The van der Waals surface area contributed by atoms with E-state index in [-0.39, 0.29) is 6.01 Å². The predicted molar refractivity (Wildman–Crippen MR) is 41.9 cm³/mol. The van der Waals surface area contributed by atoms with Crippen LogP contribution < -0.4 is 4.74 Å². The van der Waals surface area contributed by atoms with Crippen molar-refractivity contribution in [2.45, 2.75) is 6.92 Å². The second-order valence-corrected chi connectivity index (χ2v) is 2.35. The molecule has 0 radical (unpaired) electrons. The van der Waals surface area contributed by atoms with Crippen molar-refractivity contribution in [3.8, 4) is 6.01 Å². The Morgan fingerprint density at radius 1 is 1.62 bits per heavy atom. The van der Waals surface area contributed by atoms with Gasteiger partial charge < -0.3 is 4.74 Å². The zero-order valence-electron chi connectivity index (χ0n) is 6.94. The lowest BCUT2D eigenvalue weighted by atomic mass is 10.6. The van der Waals surface area contributed by atoms with Crippen LogP contribution in [0.5, 0.6) is 6.01 Å². The molecular formula is C7H7FN4O. The molecule has 0 spiro atoms. The fraction of sp³-hybridized carbons (Fsp3) is 0.286. The highest BCUT2D eigenvalue weighted by Crippen LogP contribution is 2.10. The third-order valence-corrected chi connectivity index (χ3v) is 1.50. The Morgan fingerprint density at radius 3 is 3.23 bits per heavy atom. The first kappa shape index (κ1) is 7.90. The fourth-order valence-electron chi connectivity index (χ4n) is 1.00. The molecule has 13 heavy (non-hydrogen) atoms. The molecule has 0 aliphatic rings. The van der Waals surface area contributed by atoms with Crippen LogP contribution in [0.1, 0.15) is 6.92 Å². The molecule has 0 aromatic carbocycles. The molecule has 0 atom stereocenters. The molecule has 0 N–H and O–H groups in total. The molecule has 2 heterocycles. The number of rotatable bonds is 2. The number of nitrogens with zero attached hydrogens (tertiary/aromatic N) is 4. The minimum Gasteiger partial charge on any atom is -0.465 e. The van der Waals surface area contributed by atoms with Gasteiger partial charge in [-0.05, 0) is 6.92 Å². The van der Waals surface area contributed by atoms with Crippen molar-refractivity contribution >= 4 is 5.65 Å². The van der Waals surface area contributed by atoms with Gasteiger partial charge in [-0.15, -0.1) is 10.2 Å². The minimum absolute atomic E-state index is 0.169. The van der Waals surface area contributed by atoms with E-state index in [0.29, 0.717) is 12.3 Å². The van der Waals surface area contributed by atoms with Gasteiger partial charge in [-0.2, -0.15) is 9.37 Å². The largest absolute Gasteiger partial charge is 0.465 e. The van der Waals surface area contributed by atoms with Gasteiger partial charge in [-0.25, -0.2) is 4.40 Å². The van der Waals surface area contributed by atoms with Crippen molar-refractivity contribution < 1.29 is 9.13 Å². The Bertz CT molecular complexity index is 427. The summed E-state index contributed by atoms with van der Waals surface area (Å²) in [5.74, 6) is -0.621. The van der Waals surface area contributed by atoms with Crippen LogP contribution in [0.15, 0.2) is 12.4 Å². The molecule has 0 unspecified atom stereocenters. The maximum Gasteiger partial charge on any atom is 0.306 e. The van der Waals surface area contributed by atoms with E-state index in [9.17, 15) is 4.39 Å². The first-order valence-electron chi connectivity index (χ1n) is 3.80. The number of hydrogen-bond acceptors (Lipinski definition) is 4. The molecule has 0 saturated heterocycles. The molecule has 68 valence electrons. The normalized spacial score (nSPS) is 10.6. The van der Waals surface area contributed by atoms with Gasteiger partial charge in [0.25, 0.3) is 0 Å². The second-order valence-electron chi connectivity index (χ2n) is 2.35. The maximum absolute atomic E-state index is 12.8. The SMILES string of the molecule is CCOc1nc(F)cc2nncn12. The number of aromatic nitrogens is 4. The van der Waals surface area contributed by atoms with Gasteiger partial charge in [0.1, 0.15) is 6.33 Å². The van der Waals surface area contributed by atoms with Crippen LogP contribution in [-0.4, -0.2) is 26.2 Å². The summed E-state index contributed by atoms with van der Waals surface area (Å²) in [5.41, 5.74) is 0.385. The number of ether oxygens (including phenoxy) is 1. The minimum atomic E-state index is -0.621. The van der Waals surface area contributed by atoms with Gasteiger partial charge in [-0.3, -0.25) is 0 Å². The average Bonchev–Trinajstić information content (AvgIpc) is 2.52. The van der Waals surface area contributed by atoms with E-state index >= 15 is 0 Å². The van der Waals surface area contributed by atoms with E-state index < -0.39 is 5.95 Å². The Balaban J connectivity index is 2.63. The lowest BCUT2D eigenvalue weighted by Crippen LogP contribution is -2.02. The average molecular weight is 182 g/mol. The van der Waals surface area contributed by atoms with Crippen LogP contribution in [0.4, 0.5) is 4.39 Å². The summed E-state index contributed by atoms with van der Waals surface area (Å²) in [7, 11) is 0. The fourth-order valence-corrected chi connectivity index (χ4v) is 1.00. The Hall–Kier alpha value is -1.72. The summed E-state index contributed by atoms with van der Waals surface area (Å²) < 4.78 is 19.4. The van der Waals surface area contributed by atoms with E-state index in [4.69, 9.17) is 4.74 Å². The summed E-state index contributed by atoms with van der Waals surface area (Å²) >= 11 is 0. The monoisotopic (exact) mass is 182 g/mol. The summed E-state index contributed by atoms with van der Waals surface area (Å²) in [4.78, 5) is 3.56. The summed E-state index contributed by atoms with van der Waals surface area (Å²) in [6.07, 6.45) is 1.42. The van der Waals surface area contributed by atoms with Crippen molar-refractivity contribution in [3.05, 3.63) is 18.3 Å². The second kappa shape index (κ2) is 2.96. The van der Waals surface area contributed by atoms with Crippen LogP contribution in [-0.2, 0) is 0 Å². The molecular weight excluding hydrogens is 175 g/mol. The van der Waals surface area contributed by atoms with Crippen molar-refractivity contribution in [2.75, 3.05) is 6.61 Å². The zero-order valence-corrected chi connectivity index (χ0v) is 6.94. The van der Waals surface area contributed by atoms with Gasteiger partial charge in [0.2, 0.25) is 5.95 Å². The smallest absolute Gasteiger partial charge is 0.306 e. The van der Waals surface area contributed by atoms with Gasteiger partial charge in [0.15, 0.2) is 5.65 Å². The molecule has 6 heteroatoms. The lowest BCUT2D eigenvalue weighted by Gasteiger charge is -2.02.